The third-order valence-corrected chi connectivity index (χ3v) is 4.65. The number of benzene rings is 3. The summed E-state index contributed by atoms with van der Waals surface area (Å²) in [7, 11) is 0. The fourth-order valence-electron chi connectivity index (χ4n) is 3.35. The molecule has 0 radical (unpaired) electrons. The van der Waals surface area contributed by atoms with Gasteiger partial charge in [0.2, 0.25) is 11.5 Å². The van der Waals surface area contributed by atoms with Crippen LogP contribution < -0.4 is 9.69 Å². The van der Waals surface area contributed by atoms with Crippen molar-refractivity contribution in [1.82, 2.24) is 0 Å². The molecule has 0 atom stereocenters. The number of pyridine rings is 1. The quantitative estimate of drug-likeness (QED) is 0.427. The lowest BCUT2D eigenvalue weighted by Gasteiger charge is -1.98. The van der Waals surface area contributed by atoms with Gasteiger partial charge in [0.15, 0.2) is 12.0 Å². The van der Waals surface area contributed by atoms with Crippen molar-refractivity contribution >= 4 is 0 Å². The van der Waals surface area contributed by atoms with Crippen molar-refractivity contribution in [2.24, 2.45) is 0 Å². The first-order valence-corrected chi connectivity index (χ1v) is 8.81. The molecule has 0 amide bonds. The number of aromatic amines is 1. The van der Waals surface area contributed by atoms with Crippen molar-refractivity contribution < 1.29 is 18.5 Å². The Labute approximate surface area is 161 Å². The molecule has 0 spiro atoms. The van der Waals surface area contributed by atoms with E-state index in [-0.39, 0.29) is 10.4 Å². The van der Waals surface area contributed by atoms with E-state index < -0.39 is 11.6 Å². The zero-order valence-corrected chi connectivity index (χ0v) is 15.0. The Morgan fingerprint density at radius 1 is 0.643 bits per heavy atom. The van der Waals surface area contributed by atoms with Gasteiger partial charge in [0.25, 0.3) is 0 Å². The number of fused-ring (bicyclic) bond motifs is 3. The van der Waals surface area contributed by atoms with E-state index in [0.717, 1.165) is 12.5 Å². The summed E-state index contributed by atoms with van der Waals surface area (Å²) in [5.41, 5.74) is 6.55. The third kappa shape index (κ3) is 3.81. The Bertz CT molecular complexity index is 1030. The van der Waals surface area contributed by atoms with Gasteiger partial charge in [-0.2, -0.15) is 4.39 Å². The monoisotopic (exact) mass is 377 g/mol. The van der Waals surface area contributed by atoms with E-state index in [0.29, 0.717) is 5.56 Å². The molecule has 0 saturated heterocycles. The van der Waals surface area contributed by atoms with Crippen molar-refractivity contribution in [1.29, 1.82) is 0 Å². The van der Waals surface area contributed by atoms with Crippen LogP contribution >= 0.6 is 0 Å². The zero-order chi connectivity index (χ0) is 18.6. The Hall–Kier alpha value is -3.40. The molecule has 0 bridgehead atoms. The molecular formula is C24H18F3N. The molecule has 4 heteroatoms. The molecule has 1 heterocycles. The molecule has 1 N–H and O–H groups in total. The maximum absolute atomic E-state index is 13.3. The number of rotatable bonds is 1. The summed E-state index contributed by atoms with van der Waals surface area (Å²) in [6.07, 6.45) is 2.48. The second-order valence-corrected chi connectivity index (χ2v) is 6.37. The van der Waals surface area contributed by atoms with Crippen LogP contribution in [0.5, 0.6) is 0 Å². The fourth-order valence-corrected chi connectivity index (χ4v) is 3.35. The van der Waals surface area contributed by atoms with Crippen molar-refractivity contribution in [3.8, 4) is 22.4 Å². The predicted octanol–water partition coefficient (Wildman–Crippen LogP) is 2.71. The van der Waals surface area contributed by atoms with Gasteiger partial charge < -0.3 is 4.70 Å². The van der Waals surface area contributed by atoms with Crippen LogP contribution in [0.4, 0.5) is 8.78 Å². The number of aromatic nitrogens is 1. The first-order chi connectivity index (χ1) is 13.2. The second kappa shape index (κ2) is 8.53. The molecule has 5 rings (SSSR count). The molecule has 1 aromatic heterocycles. The molecule has 1 aliphatic rings. The molecule has 3 aromatic carbocycles. The summed E-state index contributed by atoms with van der Waals surface area (Å²) >= 11 is 0. The van der Waals surface area contributed by atoms with Crippen LogP contribution in [0.1, 0.15) is 11.1 Å². The van der Waals surface area contributed by atoms with Gasteiger partial charge in [-0.05, 0) is 40.8 Å². The number of hydrogen-bond acceptors (Lipinski definition) is 0. The SMILES string of the molecule is Fc1cc[nH+]c(-c2ccccc2)c1F.[F-].c1ccc2c(c1)Cc1ccccc1-2. The van der Waals surface area contributed by atoms with E-state index in [2.05, 4.69) is 53.5 Å². The third-order valence-electron chi connectivity index (χ3n) is 4.65. The predicted molar refractivity (Wildman–Crippen MR) is 103 cm³/mol. The molecule has 0 saturated carbocycles. The second-order valence-electron chi connectivity index (χ2n) is 6.37. The Morgan fingerprint density at radius 3 is 1.79 bits per heavy atom. The fraction of sp³-hybridized carbons (Fsp3) is 0.0417. The number of nitrogens with one attached hydrogen (secondary N) is 1. The van der Waals surface area contributed by atoms with Gasteiger partial charge in [-0.15, -0.1) is 0 Å². The lowest BCUT2D eigenvalue weighted by Crippen LogP contribution is -3.00. The summed E-state index contributed by atoms with van der Waals surface area (Å²) in [6.45, 7) is 0. The smallest absolute Gasteiger partial charge is 0.249 e. The molecular weight excluding hydrogens is 359 g/mol. The number of halogens is 3. The van der Waals surface area contributed by atoms with Crippen molar-refractivity contribution in [3.63, 3.8) is 0 Å². The van der Waals surface area contributed by atoms with Crippen LogP contribution in [0, 0.1) is 11.6 Å². The minimum Gasteiger partial charge on any atom is -1.00 e. The lowest BCUT2D eigenvalue weighted by atomic mass is 10.1. The summed E-state index contributed by atoms with van der Waals surface area (Å²) in [5, 5.41) is 0. The van der Waals surface area contributed by atoms with Gasteiger partial charge in [-0.3, -0.25) is 0 Å². The van der Waals surface area contributed by atoms with Crippen molar-refractivity contribution in [2.75, 3.05) is 0 Å². The Kier molecular flexibility index (Phi) is 5.90. The Balaban J connectivity index is 0.000000155. The normalized spacial score (nSPS) is 10.8. The lowest BCUT2D eigenvalue weighted by molar-refractivity contribution is -0.367. The number of hydrogen-bond donors (Lipinski definition) is 0. The molecule has 140 valence electrons. The minimum atomic E-state index is -0.848. The molecule has 0 aliphatic heterocycles. The Morgan fingerprint density at radius 2 is 1.18 bits per heavy atom. The first-order valence-electron chi connectivity index (χ1n) is 8.81. The molecule has 1 aliphatic carbocycles. The van der Waals surface area contributed by atoms with Crippen LogP contribution in [0.15, 0.2) is 91.1 Å². The van der Waals surface area contributed by atoms with Gasteiger partial charge in [-0.1, -0.05) is 66.7 Å². The van der Waals surface area contributed by atoms with Crippen molar-refractivity contribution in [3.05, 3.63) is 114 Å². The average molecular weight is 377 g/mol. The first kappa shape index (κ1) is 19.4. The summed E-state index contributed by atoms with van der Waals surface area (Å²) in [5.74, 6) is -1.69. The highest BCUT2D eigenvalue weighted by Gasteiger charge is 2.16. The standard InChI is InChI=1S/C13H10.C11H7F2N.FH/c1-3-7-12-10(5-1)9-11-6-2-4-8-13(11)12;12-9-6-7-14-11(10(9)13)8-4-2-1-3-5-8;/h1-8H,9H2;1-7H;1H. The van der Waals surface area contributed by atoms with Crippen LogP contribution in [-0.4, -0.2) is 0 Å². The highest BCUT2D eigenvalue weighted by molar-refractivity contribution is 5.76. The van der Waals surface area contributed by atoms with Gasteiger partial charge in [0.1, 0.15) is 0 Å². The van der Waals surface area contributed by atoms with Gasteiger partial charge in [-0.25, -0.2) is 9.37 Å². The molecule has 0 fully saturated rings. The molecule has 0 unspecified atom stereocenters. The highest BCUT2D eigenvalue weighted by atomic mass is 19.2. The van der Waals surface area contributed by atoms with Crippen LogP contribution in [0.3, 0.4) is 0 Å². The van der Waals surface area contributed by atoms with E-state index in [9.17, 15) is 8.78 Å². The summed E-state index contributed by atoms with van der Waals surface area (Å²) in [6, 6.07) is 27.2. The zero-order valence-electron chi connectivity index (χ0n) is 15.0. The van der Waals surface area contributed by atoms with Gasteiger partial charge >= 0.3 is 0 Å². The highest BCUT2D eigenvalue weighted by Crippen LogP contribution is 2.35. The van der Waals surface area contributed by atoms with E-state index >= 15 is 0 Å². The van der Waals surface area contributed by atoms with E-state index in [1.807, 2.05) is 6.07 Å². The van der Waals surface area contributed by atoms with Crippen LogP contribution in [0.25, 0.3) is 22.4 Å². The van der Waals surface area contributed by atoms with Gasteiger partial charge in [0.05, 0.1) is 0 Å². The number of H-pyrrole nitrogens is 1. The maximum Gasteiger partial charge on any atom is 0.249 e. The topological polar surface area (TPSA) is 14.1 Å². The van der Waals surface area contributed by atoms with Crippen LogP contribution in [-0.2, 0) is 6.42 Å². The van der Waals surface area contributed by atoms with Crippen molar-refractivity contribution in [2.45, 2.75) is 6.42 Å². The molecule has 1 nitrogen and oxygen atoms in total. The van der Waals surface area contributed by atoms with E-state index in [1.54, 1.807) is 24.3 Å². The minimum absolute atomic E-state index is 0. The molecule has 28 heavy (non-hydrogen) atoms. The summed E-state index contributed by atoms with van der Waals surface area (Å²) in [4.78, 5) is 2.68. The van der Waals surface area contributed by atoms with Gasteiger partial charge in [0, 0.05) is 11.6 Å². The van der Waals surface area contributed by atoms with E-state index in [4.69, 9.17) is 0 Å². The molecule has 4 aromatic rings. The largest absolute Gasteiger partial charge is 1.00 e. The maximum atomic E-state index is 13.3. The van der Waals surface area contributed by atoms with E-state index in [1.165, 1.54) is 28.5 Å². The summed E-state index contributed by atoms with van der Waals surface area (Å²) < 4.78 is 26.2. The van der Waals surface area contributed by atoms with Crippen LogP contribution in [0.2, 0.25) is 0 Å². The average Bonchev–Trinajstić information content (AvgIpc) is 3.10.